The zero-order valence-corrected chi connectivity index (χ0v) is 10.2. The fourth-order valence-corrected chi connectivity index (χ4v) is 1.49. The summed E-state index contributed by atoms with van der Waals surface area (Å²) in [6, 6.07) is 0. The van der Waals surface area contributed by atoms with E-state index in [0.717, 1.165) is 5.82 Å². The van der Waals surface area contributed by atoms with E-state index in [1.165, 1.54) is 13.4 Å². The second kappa shape index (κ2) is 5.30. The fraction of sp³-hybridized carbons (Fsp3) is 0.400. The molecule has 8 heteroatoms. The lowest BCUT2D eigenvalue weighted by Gasteiger charge is -2.07. The van der Waals surface area contributed by atoms with Crippen molar-refractivity contribution in [2.45, 2.75) is 6.42 Å². The van der Waals surface area contributed by atoms with E-state index in [1.807, 2.05) is 7.05 Å². The minimum absolute atomic E-state index is 0.173. The van der Waals surface area contributed by atoms with Gasteiger partial charge in [0.05, 0.1) is 13.4 Å². The van der Waals surface area contributed by atoms with Crippen LogP contribution >= 0.6 is 0 Å². The van der Waals surface area contributed by atoms with Crippen molar-refractivity contribution in [1.82, 2.24) is 24.7 Å². The van der Waals surface area contributed by atoms with Crippen molar-refractivity contribution in [1.29, 1.82) is 0 Å². The number of H-pyrrole nitrogens is 1. The number of rotatable bonds is 5. The monoisotopic (exact) mass is 250 g/mol. The summed E-state index contributed by atoms with van der Waals surface area (Å²) in [5.74, 6) is 1.32. The fourth-order valence-electron chi connectivity index (χ4n) is 1.49. The molecule has 0 aromatic carbocycles. The molecular weight excluding hydrogens is 236 g/mol. The molecule has 0 fully saturated rings. The van der Waals surface area contributed by atoms with Crippen LogP contribution in [-0.4, -0.2) is 38.4 Å². The molecule has 0 saturated carbocycles. The Morgan fingerprint density at radius 3 is 3.00 bits per heavy atom. The number of nitrogens with zero attached hydrogens (tertiary/aromatic N) is 4. The molecule has 2 rings (SSSR count). The molecule has 0 spiro atoms. The summed E-state index contributed by atoms with van der Waals surface area (Å²) < 4.78 is 6.62. The highest BCUT2D eigenvalue weighted by atomic mass is 16.5. The third-order valence-corrected chi connectivity index (χ3v) is 2.30. The molecule has 0 aliphatic rings. The lowest BCUT2D eigenvalue weighted by Crippen LogP contribution is -2.15. The predicted molar refractivity (Wildman–Crippen MR) is 64.6 cm³/mol. The van der Waals surface area contributed by atoms with Gasteiger partial charge in [0.15, 0.2) is 11.6 Å². The van der Waals surface area contributed by atoms with Crippen LogP contribution in [0.4, 0.5) is 5.82 Å². The van der Waals surface area contributed by atoms with Crippen molar-refractivity contribution < 1.29 is 4.74 Å². The van der Waals surface area contributed by atoms with Crippen molar-refractivity contribution in [3.05, 3.63) is 28.8 Å². The summed E-state index contributed by atoms with van der Waals surface area (Å²) in [5, 5.41) is 7.17. The van der Waals surface area contributed by atoms with E-state index < -0.39 is 0 Å². The average Bonchev–Trinajstić information content (AvgIpc) is 2.75. The molecule has 2 aromatic rings. The normalized spacial score (nSPS) is 10.3. The van der Waals surface area contributed by atoms with Crippen LogP contribution < -0.4 is 15.6 Å². The highest BCUT2D eigenvalue weighted by Crippen LogP contribution is 2.13. The van der Waals surface area contributed by atoms with E-state index in [9.17, 15) is 4.79 Å². The van der Waals surface area contributed by atoms with E-state index in [0.29, 0.717) is 18.8 Å². The number of ether oxygens (including phenoxy) is 1. The zero-order valence-electron chi connectivity index (χ0n) is 10.2. The summed E-state index contributed by atoms with van der Waals surface area (Å²) in [5.41, 5.74) is -0.314. The number of nitrogens with one attached hydrogen (secondary N) is 2. The average molecular weight is 250 g/mol. The van der Waals surface area contributed by atoms with Gasteiger partial charge in [0.2, 0.25) is 5.75 Å². The van der Waals surface area contributed by atoms with Gasteiger partial charge in [-0.2, -0.15) is 5.10 Å². The van der Waals surface area contributed by atoms with Gasteiger partial charge in [0.1, 0.15) is 6.33 Å². The van der Waals surface area contributed by atoms with Crippen LogP contribution in [0.2, 0.25) is 0 Å². The smallest absolute Gasteiger partial charge is 0.295 e. The van der Waals surface area contributed by atoms with Gasteiger partial charge < -0.3 is 15.0 Å². The molecule has 0 radical (unpaired) electrons. The third-order valence-electron chi connectivity index (χ3n) is 2.30. The maximum atomic E-state index is 11.4. The first kappa shape index (κ1) is 12.1. The van der Waals surface area contributed by atoms with Crippen LogP contribution in [-0.2, 0) is 13.5 Å². The number of hydrogen-bond acceptors (Lipinski definition) is 6. The van der Waals surface area contributed by atoms with Crippen LogP contribution in [0.3, 0.4) is 0 Å². The first-order valence-corrected chi connectivity index (χ1v) is 5.40. The second-order valence-electron chi connectivity index (χ2n) is 3.62. The van der Waals surface area contributed by atoms with Crippen molar-refractivity contribution in [2.24, 2.45) is 7.05 Å². The summed E-state index contributed by atoms with van der Waals surface area (Å²) in [6.45, 7) is 0.566. The first-order chi connectivity index (χ1) is 8.70. The van der Waals surface area contributed by atoms with Gasteiger partial charge in [0, 0.05) is 20.0 Å². The van der Waals surface area contributed by atoms with Gasteiger partial charge in [-0.05, 0) is 0 Å². The number of aromatic amines is 1. The molecule has 0 amide bonds. The topological polar surface area (TPSA) is 97.7 Å². The molecule has 0 saturated heterocycles. The number of anilines is 1. The molecule has 0 aliphatic carbocycles. The van der Waals surface area contributed by atoms with Crippen molar-refractivity contribution in [3.8, 4) is 5.75 Å². The van der Waals surface area contributed by atoms with Crippen LogP contribution in [0, 0.1) is 0 Å². The Balaban J connectivity index is 1.98. The molecule has 0 aliphatic heterocycles. The Bertz CT molecular complexity index is 576. The first-order valence-electron chi connectivity index (χ1n) is 5.40. The molecule has 0 bridgehead atoms. The van der Waals surface area contributed by atoms with Gasteiger partial charge in [-0.25, -0.2) is 9.97 Å². The van der Waals surface area contributed by atoms with E-state index >= 15 is 0 Å². The van der Waals surface area contributed by atoms with Crippen molar-refractivity contribution >= 4 is 5.82 Å². The van der Waals surface area contributed by atoms with Crippen LogP contribution in [0.25, 0.3) is 0 Å². The van der Waals surface area contributed by atoms with Crippen molar-refractivity contribution in [2.75, 3.05) is 19.0 Å². The molecular formula is C10H14N6O2. The molecule has 8 nitrogen and oxygen atoms in total. The summed E-state index contributed by atoms with van der Waals surface area (Å²) >= 11 is 0. The third kappa shape index (κ3) is 2.65. The number of aromatic nitrogens is 5. The van der Waals surface area contributed by atoms with Crippen molar-refractivity contribution in [3.63, 3.8) is 0 Å². The van der Waals surface area contributed by atoms with Gasteiger partial charge in [-0.3, -0.25) is 9.48 Å². The molecule has 2 heterocycles. The van der Waals surface area contributed by atoms with E-state index in [2.05, 4.69) is 25.4 Å². The Morgan fingerprint density at radius 1 is 1.50 bits per heavy atom. The summed E-state index contributed by atoms with van der Waals surface area (Å²) in [6.07, 6.45) is 3.60. The molecule has 2 aromatic heterocycles. The standard InChI is InChI=1S/C10H14N6O2/c1-16-6-14-7(15-16)3-4-11-9-8(18-2)10(17)13-5-12-9/h5-6H,3-4H2,1-2H3,(H2,11,12,13,17). The summed E-state index contributed by atoms with van der Waals surface area (Å²) in [7, 11) is 3.24. The zero-order chi connectivity index (χ0) is 13.0. The predicted octanol–water partition coefficient (Wildman–Crippen LogP) is -0.438. The number of hydrogen-bond donors (Lipinski definition) is 2. The molecule has 0 unspecified atom stereocenters. The number of aryl methyl sites for hydroxylation is 1. The molecule has 0 atom stereocenters. The van der Waals surface area contributed by atoms with E-state index in [-0.39, 0.29) is 11.3 Å². The van der Waals surface area contributed by atoms with Crippen LogP contribution in [0.1, 0.15) is 5.82 Å². The quantitative estimate of drug-likeness (QED) is 0.746. The van der Waals surface area contributed by atoms with E-state index in [4.69, 9.17) is 4.74 Å². The van der Waals surface area contributed by atoms with Gasteiger partial charge in [0.25, 0.3) is 5.56 Å². The minimum Gasteiger partial charge on any atom is -0.489 e. The van der Waals surface area contributed by atoms with E-state index in [1.54, 1.807) is 11.0 Å². The SMILES string of the molecule is COc1c(NCCc2ncn(C)n2)nc[nH]c1=O. The van der Waals surface area contributed by atoms with Gasteiger partial charge in [-0.15, -0.1) is 0 Å². The molecule has 2 N–H and O–H groups in total. The second-order valence-corrected chi connectivity index (χ2v) is 3.62. The highest BCUT2D eigenvalue weighted by molar-refractivity contribution is 5.47. The maximum absolute atomic E-state index is 11.4. The Kier molecular flexibility index (Phi) is 3.56. The minimum atomic E-state index is -0.314. The van der Waals surface area contributed by atoms with Gasteiger partial charge in [-0.1, -0.05) is 0 Å². The maximum Gasteiger partial charge on any atom is 0.295 e. The van der Waals surface area contributed by atoms with Gasteiger partial charge >= 0.3 is 0 Å². The highest BCUT2D eigenvalue weighted by Gasteiger charge is 2.08. The molecule has 96 valence electrons. The molecule has 18 heavy (non-hydrogen) atoms. The Hall–Kier alpha value is -2.38. The summed E-state index contributed by atoms with van der Waals surface area (Å²) in [4.78, 5) is 22.0. The lowest BCUT2D eigenvalue weighted by molar-refractivity contribution is 0.408. The largest absolute Gasteiger partial charge is 0.489 e. The lowest BCUT2D eigenvalue weighted by atomic mass is 10.4. The van der Waals surface area contributed by atoms with Crippen LogP contribution in [0.15, 0.2) is 17.4 Å². The number of methoxy groups -OCH3 is 1. The Labute approximate surface area is 103 Å². The van der Waals surface area contributed by atoms with Crippen LogP contribution in [0.5, 0.6) is 5.75 Å². The Morgan fingerprint density at radius 2 is 2.33 bits per heavy atom.